The van der Waals surface area contributed by atoms with Crippen LogP contribution in [0.3, 0.4) is 0 Å². The number of hydrogen-bond donors (Lipinski definition) is 2. The molecule has 0 aliphatic carbocycles. The van der Waals surface area contributed by atoms with Crippen LogP contribution in [0.15, 0.2) is 53.3 Å². The average molecular weight is 279 g/mol. The Bertz CT molecular complexity index is 999. The van der Waals surface area contributed by atoms with Gasteiger partial charge in [-0.1, -0.05) is 18.2 Å². The van der Waals surface area contributed by atoms with Gasteiger partial charge in [0.05, 0.1) is 22.1 Å². The van der Waals surface area contributed by atoms with E-state index in [0.717, 1.165) is 11.0 Å². The molecule has 0 radical (unpaired) electrons. The zero-order chi connectivity index (χ0) is 14.4. The summed E-state index contributed by atoms with van der Waals surface area (Å²) in [5.74, 6) is 0.0590. The molecule has 0 aliphatic rings. The Kier molecular flexibility index (Phi) is 2.41. The largest absolute Gasteiger partial charge is 0.338 e. The molecule has 102 valence electrons. The lowest BCUT2D eigenvalue weighted by molar-refractivity contribution is 0.639. The number of pyridine rings is 1. The number of hydrogen-bond acceptors (Lipinski definition) is 2. The lowest BCUT2D eigenvalue weighted by Gasteiger charge is -2.01. The molecule has 2 aromatic carbocycles. The van der Waals surface area contributed by atoms with Gasteiger partial charge in [-0.3, -0.25) is 4.79 Å². The minimum absolute atomic E-state index is 0.299. The number of nitrogens with zero attached hydrogens (tertiary/aromatic N) is 1. The first-order valence-corrected chi connectivity index (χ1v) is 6.49. The van der Waals surface area contributed by atoms with E-state index in [2.05, 4.69) is 15.0 Å². The van der Waals surface area contributed by atoms with Crippen molar-refractivity contribution in [3.63, 3.8) is 0 Å². The van der Waals surface area contributed by atoms with Gasteiger partial charge < -0.3 is 9.97 Å². The number of halogens is 1. The van der Waals surface area contributed by atoms with Gasteiger partial charge in [0.2, 0.25) is 0 Å². The molecule has 0 aliphatic heterocycles. The highest BCUT2D eigenvalue weighted by Gasteiger charge is 2.11. The number of aromatic nitrogens is 3. The fraction of sp³-hybridized carbons (Fsp3) is 0. The molecule has 4 rings (SSSR count). The summed E-state index contributed by atoms with van der Waals surface area (Å²) in [5, 5.41) is 0.368. The summed E-state index contributed by atoms with van der Waals surface area (Å²) < 4.78 is 13.9. The predicted octanol–water partition coefficient (Wildman–Crippen LogP) is 3.21. The molecule has 0 fully saturated rings. The van der Waals surface area contributed by atoms with Crippen LogP contribution in [0.1, 0.15) is 0 Å². The molecule has 0 atom stereocenters. The Morgan fingerprint density at radius 1 is 0.952 bits per heavy atom. The van der Waals surface area contributed by atoms with E-state index in [0.29, 0.717) is 22.3 Å². The van der Waals surface area contributed by atoms with E-state index in [1.54, 1.807) is 12.1 Å². The zero-order valence-electron chi connectivity index (χ0n) is 10.9. The summed E-state index contributed by atoms with van der Waals surface area (Å²) in [7, 11) is 0. The zero-order valence-corrected chi connectivity index (χ0v) is 10.9. The van der Waals surface area contributed by atoms with Crippen molar-refractivity contribution in [2.45, 2.75) is 0 Å². The third-order valence-corrected chi connectivity index (χ3v) is 3.48. The van der Waals surface area contributed by atoms with E-state index in [4.69, 9.17) is 0 Å². The van der Waals surface area contributed by atoms with Gasteiger partial charge in [0.15, 0.2) is 0 Å². The van der Waals surface area contributed by atoms with Gasteiger partial charge in [-0.25, -0.2) is 9.37 Å². The van der Waals surface area contributed by atoms with Gasteiger partial charge in [0.25, 0.3) is 5.56 Å². The Hall–Kier alpha value is -2.95. The van der Waals surface area contributed by atoms with E-state index in [-0.39, 0.29) is 11.4 Å². The van der Waals surface area contributed by atoms with Crippen LogP contribution < -0.4 is 5.56 Å². The normalized spacial score (nSPS) is 11.3. The van der Waals surface area contributed by atoms with Gasteiger partial charge in [-0.05, 0) is 30.3 Å². The molecule has 2 heterocycles. The maximum Gasteiger partial charge on any atom is 0.259 e. The Labute approximate surface area is 118 Å². The number of fused-ring (bicyclic) bond motifs is 2. The topological polar surface area (TPSA) is 61.5 Å². The molecule has 0 saturated heterocycles. The highest BCUT2D eigenvalue weighted by Crippen LogP contribution is 2.21. The molecule has 0 amide bonds. The molecule has 0 saturated carbocycles. The second kappa shape index (κ2) is 4.28. The summed E-state index contributed by atoms with van der Waals surface area (Å²) in [6.07, 6.45) is 0. The first-order valence-electron chi connectivity index (χ1n) is 6.49. The van der Waals surface area contributed by atoms with Crippen LogP contribution in [-0.2, 0) is 0 Å². The second-order valence-corrected chi connectivity index (χ2v) is 4.82. The molecule has 4 aromatic rings. The minimum atomic E-state index is -0.374. The van der Waals surface area contributed by atoms with Crippen LogP contribution in [0, 0.1) is 5.82 Å². The lowest BCUT2D eigenvalue weighted by atomic mass is 10.1. The van der Waals surface area contributed by atoms with Gasteiger partial charge in [-0.15, -0.1) is 0 Å². The van der Waals surface area contributed by atoms with Crippen LogP contribution >= 0.6 is 0 Å². The molecule has 5 heteroatoms. The van der Waals surface area contributed by atoms with Crippen LogP contribution in [0.2, 0.25) is 0 Å². The average Bonchev–Trinajstić information content (AvgIpc) is 2.90. The fourth-order valence-corrected chi connectivity index (χ4v) is 2.45. The van der Waals surface area contributed by atoms with Crippen molar-refractivity contribution in [1.29, 1.82) is 0 Å². The maximum absolute atomic E-state index is 13.9. The van der Waals surface area contributed by atoms with Crippen LogP contribution in [0.4, 0.5) is 4.39 Å². The monoisotopic (exact) mass is 279 g/mol. The number of aromatic amines is 2. The molecule has 4 nitrogen and oxygen atoms in total. The fourth-order valence-electron chi connectivity index (χ4n) is 2.45. The third-order valence-electron chi connectivity index (χ3n) is 3.48. The van der Waals surface area contributed by atoms with E-state index in [1.165, 1.54) is 12.1 Å². The van der Waals surface area contributed by atoms with Crippen LogP contribution in [0.5, 0.6) is 0 Å². The summed E-state index contributed by atoms with van der Waals surface area (Å²) >= 11 is 0. The Morgan fingerprint density at radius 3 is 2.62 bits per heavy atom. The lowest BCUT2D eigenvalue weighted by Crippen LogP contribution is -2.09. The number of imidazole rings is 1. The molecule has 0 spiro atoms. The molecular formula is C16H10FN3O. The quantitative estimate of drug-likeness (QED) is 0.562. The van der Waals surface area contributed by atoms with Crippen molar-refractivity contribution in [1.82, 2.24) is 15.0 Å². The Morgan fingerprint density at radius 2 is 1.76 bits per heavy atom. The molecule has 21 heavy (non-hydrogen) atoms. The van der Waals surface area contributed by atoms with E-state index in [1.807, 2.05) is 24.3 Å². The first kappa shape index (κ1) is 11.8. The number of H-pyrrole nitrogens is 2. The molecule has 2 N–H and O–H groups in total. The predicted molar refractivity (Wildman–Crippen MR) is 79.6 cm³/mol. The summed E-state index contributed by atoms with van der Waals surface area (Å²) in [6, 6.07) is 13.6. The summed E-state index contributed by atoms with van der Waals surface area (Å²) in [4.78, 5) is 22.3. The SMILES string of the molecule is O=c1[nH]c2cccc(F)c2cc1-c1nc2ccccc2[nH]1. The summed E-state index contributed by atoms with van der Waals surface area (Å²) in [5.41, 5.74) is 2.09. The van der Waals surface area contributed by atoms with Crippen molar-refractivity contribution in [2.75, 3.05) is 0 Å². The van der Waals surface area contributed by atoms with Crippen molar-refractivity contribution in [2.24, 2.45) is 0 Å². The molecule has 2 aromatic heterocycles. The molecular weight excluding hydrogens is 269 g/mol. The van der Waals surface area contributed by atoms with E-state index >= 15 is 0 Å². The summed E-state index contributed by atoms with van der Waals surface area (Å²) in [6.45, 7) is 0. The second-order valence-electron chi connectivity index (χ2n) is 4.82. The third kappa shape index (κ3) is 1.82. The maximum atomic E-state index is 13.9. The first-order chi connectivity index (χ1) is 10.2. The van der Waals surface area contributed by atoms with Crippen LogP contribution in [-0.4, -0.2) is 15.0 Å². The minimum Gasteiger partial charge on any atom is -0.338 e. The highest BCUT2D eigenvalue weighted by molar-refractivity contribution is 5.85. The van der Waals surface area contributed by atoms with Crippen molar-refractivity contribution in [3.05, 3.63) is 64.7 Å². The van der Waals surface area contributed by atoms with Gasteiger partial charge in [0, 0.05) is 5.39 Å². The van der Waals surface area contributed by atoms with Crippen LogP contribution in [0.25, 0.3) is 33.3 Å². The number of nitrogens with one attached hydrogen (secondary N) is 2. The van der Waals surface area contributed by atoms with Gasteiger partial charge in [-0.2, -0.15) is 0 Å². The van der Waals surface area contributed by atoms with E-state index < -0.39 is 0 Å². The number of benzene rings is 2. The van der Waals surface area contributed by atoms with Crippen molar-refractivity contribution < 1.29 is 4.39 Å². The smallest absolute Gasteiger partial charge is 0.259 e. The van der Waals surface area contributed by atoms with Gasteiger partial charge >= 0.3 is 0 Å². The Balaban J connectivity index is 2.03. The molecule has 0 bridgehead atoms. The number of para-hydroxylation sites is 2. The highest BCUT2D eigenvalue weighted by atomic mass is 19.1. The number of rotatable bonds is 1. The standard InChI is InChI=1S/C16H10FN3O/c17-11-4-3-7-12-9(11)8-10(16(21)20-12)15-18-13-5-1-2-6-14(13)19-15/h1-8H,(H,18,19)(H,20,21). The van der Waals surface area contributed by atoms with Crippen molar-refractivity contribution in [3.8, 4) is 11.4 Å². The van der Waals surface area contributed by atoms with E-state index in [9.17, 15) is 9.18 Å². The van der Waals surface area contributed by atoms with Gasteiger partial charge in [0.1, 0.15) is 11.6 Å². The molecule has 0 unspecified atom stereocenters. The van der Waals surface area contributed by atoms with Crippen molar-refractivity contribution >= 4 is 21.9 Å².